The van der Waals surface area contributed by atoms with Crippen LogP contribution in [0.4, 0.5) is 5.69 Å². The molecule has 0 fully saturated rings. The van der Waals surface area contributed by atoms with Crippen LogP contribution in [0, 0.1) is 21.4 Å². The zero-order chi connectivity index (χ0) is 21.1. The third kappa shape index (κ3) is 3.94. The second-order valence-electron chi connectivity index (χ2n) is 7.38. The molecule has 0 aliphatic heterocycles. The molecule has 1 unspecified atom stereocenters. The predicted molar refractivity (Wildman–Crippen MR) is 113 cm³/mol. The first-order valence-corrected chi connectivity index (χ1v) is 9.78. The number of fused-ring (bicyclic) bond motifs is 1. The molecule has 0 saturated heterocycles. The Morgan fingerprint density at radius 3 is 2.67 bits per heavy atom. The zero-order valence-corrected chi connectivity index (χ0v) is 16.2. The molecule has 4 rings (SSSR count). The largest absolute Gasteiger partial charge is 0.348 e. The number of non-ortho nitro benzene ring substituents is 1. The van der Waals surface area contributed by atoms with Gasteiger partial charge in [-0.25, -0.2) is 0 Å². The highest BCUT2D eigenvalue weighted by molar-refractivity contribution is 5.99. The second-order valence-corrected chi connectivity index (χ2v) is 7.38. The average molecular weight is 400 g/mol. The van der Waals surface area contributed by atoms with Gasteiger partial charge in [-0.3, -0.25) is 14.9 Å². The van der Waals surface area contributed by atoms with Crippen molar-refractivity contribution in [2.45, 2.75) is 31.8 Å². The normalized spacial score (nSPS) is 15.6. The molecule has 3 aromatic rings. The lowest BCUT2D eigenvalue weighted by molar-refractivity contribution is -0.384. The summed E-state index contributed by atoms with van der Waals surface area (Å²) in [6.45, 7) is 0.365. The molecular formula is C23H20N4O3. The molecule has 1 aliphatic carbocycles. The number of carbonyl (C=O) groups excluding carboxylic acids is 1. The Labute approximate surface area is 173 Å². The van der Waals surface area contributed by atoms with E-state index in [0.29, 0.717) is 17.8 Å². The maximum absolute atomic E-state index is 13.1. The van der Waals surface area contributed by atoms with E-state index in [0.717, 1.165) is 35.7 Å². The number of nitrogens with one attached hydrogen (secondary N) is 1. The van der Waals surface area contributed by atoms with E-state index < -0.39 is 4.92 Å². The van der Waals surface area contributed by atoms with Crippen molar-refractivity contribution in [2.24, 2.45) is 0 Å². The number of allylic oxidation sites excluding steroid dienone is 1. The number of nitro benzene ring substituents is 1. The lowest BCUT2D eigenvalue weighted by Crippen LogP contribution is -2.36. The summed E-state index contributed by atoms with van der Waals surface area (Å²) in [6.07, 6.45) is 6.87. The van der Waals surface area contributed by atoms with Gasteiger partial charge < -0.3 is 9.88 Å². The van der Waals surface area contributed by atoms with E-state index in [1.165, 1.54) is 12.1 Å². The average Bonchev–Trinajstić information content (AvgIpc) is 3.12. The standard InChI is InChI=1S/C23H20N4O3/c24-14-17-6-9-18-13-22(23(28)25-19-4-2-1-3-5-19)26(21(18)12-17)15-16-7-10-20(11-8-16)27(29)30/h1-2,6-13,19H,3-5,15H2,(H,25,28). The molecule has 0 radical (unpaired) electrons. The number of hydrogen-bond acceptors (Lipinski definition) is 4. The molecule has 1 N–H and O–H groups in total. The van der Waals surface area contributed by atoms with Crippen LogP contribution >= 0.6 is 0 Å². The van der Waals surface area contributed by atoms with Crippen LogP contribution in [0.2, 0.25) is 0 Å². The molecule has 7 nitrogen and oxygen atoms in total. The highest BCUT2D eigenvalue weighted by Crippen LogP contribution is 2.24. The molecule has 1 amide bonds. The molecule has 30 heavy (non-hydrogen) atoms. The zero-order valence-electron chi connectivity index (χ0n) is 16.2. The SMILES string of the molecule is N#Cc1ccc2cc(C(=O)NC3CC=CCC3)n(Cc3ccc([N+](=O)[O-])cc3)c2c1. The number of nitro groups is 1. The van der Waals surface area contributed by atoms with E-state index in [1.807, 2.05) is 16.7 Å². The summed E-state index contributed by atoms with van der Waals surface area (Å²) in [5.41, 5.74) is 2.64. The fourth-order valence-electron chi connectivity index (χ4n) is 3.77. The second kappa shape index (κ2) is 8.21. The van der Waals surface area contributed by atoms with Crippen molar-refractivity contribution >= 4 is 22.5 Å². The van der Waals surface area contributed by atoms with Gasteiger partial charge in [0.2, 0.25) is 0 Å². The van der Waals surface area contributed by atoms with Crippen LogP contribution in [0.3, 0.4) is 0 Å². The summed E-state index contributed by atoms with van der Waals surface area (Å²) >= 11 is 0. The number of hydrogen-bond donors (Lipinski definition) is 1. The molecule has 1 aromatic heterocycles. The first-order chi connectivity index (χ1) is 14.5. The highest BCUT2D eigenvalue weighted by Gasteiger charge is 2.20. The molecule has 1 heterocycles. The van der Waals surface area contributed by atoms with Crippen molar-refractivity contribution in [3.8, 4) is 6.07 Å². The number of nitriles is 1. The fourth-order valence-corrected chi connectivity index (χ4v) is 3.77. The summed E-state index contributed by atoms with van der Waals surface area (Å²) in [4.78, 5) is 23.6. The Hall–Kier alpha value is -3.92. The Kier molecular flexibility index (Phi) is 5.31. The van der Waals surface area contributed by atoms with Crippen molar-refractivity contribution in [3.05, 3.63) is 87.6 Å². The van der Waals surface area contributed by atoms with Crippen LogP contribution in [-0.4, -0.2) is 21.4 Å². The van der Waals surface area contributed by atoms with E-state index in [1.54, 1.807) is 24.3 Å². The molecule has 0 saturated carbocycles. The van der Waals surface area contributed by atoms with Gasteiger partial charge in [-0.15, -0.1) is 0 Å². The highest BCUT2D eigenvalue weighted by atomic mass is 16.6. The quantitative estimate of drug-likeness (QED) is 0.392. The molecule has 150 valence electrons. The monoisotopic (exact) mass is 400 g/mol. The van der Waals surface area contributed by atoms with Crippen molar-refractivity contribution in [3.63, 3.8) is 0 Å². The predicted octanol–water partition coefficient (Wildman–Crippen LogP) is 4.31. The van der Waals surface area contributed by atoms with Gasteiger partial charge in [-0.05, 0) is 43.0 Å². The summed E-state index contributed by atoms with van der Waals surface area (Å²) < 4.78 is 1.87. The van der Waals surface area contributed by atoms with Gasteiger partial charge in [-0.2, -0.15) is 5.26 Å². The van der Waals surface area contributed by atoms with Gasteiger partial charge in [0.05, 0.1) is 22.1 Å². The molecule has 1 atom stereocenters. The van der Waals surface area contributed by atoms with E-state index in [-0.39, 0.29) is 17.6 Å². The molecule has 0 spiro atoms. The van der Waals surface area contributed by atoms with Gasteiger partial charge >= 0.3 is 0 Å². The number of aromatic nitrogens is 1. The van der Waals surface area contributed by atoms with Crippen LogP contribution in [-0.2, 0) is 6.54 Å². The first kappa shape index (κ1) is 19.4. The Balaban J connectivity index is 1.71. The molecule has 1 aliphatic rings. The number of carbonyl (C=O) groups is 1. The van der Waals surface area contributed by atoms with Crippen LogP contribution < -0.4 is 5.32 Å². The summed E-state index contributed by atoms with van der Waals surface area (Å²) in [5, 5.41) is 24.2. The lowest BCUT2D eigenvalue weighted by atomic mass is 10.0. The number of nitrogens with zero attached hydrogens (tertiary/aromatic N) is 3. The summed E-state index contributed by atoms with van der Waals surface area (Å²) in [5.74, 6) is -0.160. The molecule has 7 heteroatoms. The number of benzene rings is 2. The minimum atomic E-state index is -0.439. The Bertz CT molecular complexity index is 1190. The van der Waals surface area contributed by atoms with Crippen LogP contribution in [0.1, 0.15) is 40.9 Å². The number of amides is 1. The van der Waals surface area contributed by atoms with Crippen LogP contribution in [0.5, 0.6) is 0 Å². The van der Waals surface area contributed by atoms with Gasteiger partial charge in [0.15, 0.2) is 0 Å². The van der Waals surface area contributed by atoms with E-state index in [2.05, 4.69) is 23.5 Å². The van der Waals surface area contributed by atoms with Gasteiger partial charge in [-0.1, -0.05) is 30.4 Å². The van der Waals surface area contributed by atoms with Crippen LogP contribution in [0.15, 0.2) is 60.7 Å². The van der Waals surface area contributed by atoms with E-state index >= 15 is 0 Å². The van der Waals surface area contributed by atoms with Gasteiger partial charge in [0, 0.05) is 30.1 Å². The van der Waals surface area contributed by atoms with Crippen molar-refractivity contribution in [1.82, 2.24) is 9.88 Å². The van der Waals surface area contributed by atoms with E-state index in [4.69, 9.17) is 0 Å². The van der Waals surface area contributed by atoms with Crippen molar-refractivity contribution < 1.29 is 9.72 Å². The van der Waals surface area contributed by atoms with Crippen molar-refractivity contribution in [1.29, 1.82) is 5.26 Å². The number of rotatable bonds is 5. The minimum absolute atomic E-state index is 0.0196. The maximum Gasteiger partial charge on any atom is 0.269 e. The maximum atomic E-state index is 13.1. The molecule has 0 bridgehead atoms. The smallest absolute Gasteiger partial charge is 0.269 e. The first-order valence-electron chi connectivity index (χ1n) is 9.78. The minimum Gasteiger partial charge on any atom is -0.348 e. The summed E-state index contributed by atoms with van der Waals surface area (Å²) in [6, 6.07) is 15.7. The Morgan fingerprint density at radius 1 is 1.20 bits per heavy atom. The third-order valence-electron chi connectivity index (χ3n) is 5.36. The topological polar surface area (TPSA) is 101 Å². The molecule has 2 aromatic carbocycles. The third-order valence-corrected chi connectivity index (χ3v) is 5.36. The lowest BCUT2D eigenvalue weighted by Gasteiger charge is -2.20. The fraction of sp³-hybridized carbons (Fsp3) is 0.217. The van der Waals surface area contributed by atoms with Crippen LogP contribution in [0.25, 0.3) is 10.9 Å². The molecular weight excluding hydrogens is 380 g/mol. The summed E-state index contributed by atoms with van der Waals surface area (Å²) in [7, 11) is 0. The van der Waals surface area contributed by atoms with Gasteiger partial charge in [0.25, 0.3) is 11.6 Å². The van der Waals surface area contributed by atoms with Crippen molar-refractivity contribution in [2.75, 3.05) is 0 Å². The Morgan fingerprint density at radius 2 is 2.00 bits per heavy atom. The van der Waals surface area contributed by atoms with Gasteiger partial charge in [0.1, 0.15) is 5.69 Å². The van der Waals surface area contributed by atoms with E-state index in [9.17, 15) is 20.2 Å².